The molecule has 0 bridgehead atoms. The zero-order valence-corrected chi connectivity index (χ0v) is 11.6. The Balaban J connectivity index is 1.84. The Hall–Kier alpha value is -0.120. The largest absolute Gasteiger partial charge is 0.379 e. The third-order valence-electron chi connectivity index (χ3n) is 3.50. The number of unbranched alkanes of at least 4 members (excludes halogenated alkanes) is 3. The maximum Gasteiger partial charge on any atom is 0.0659 e. The van der Waals surface area contributed by atoms with Crippen LogP contribution in [0.15, 0.2) is 0 Å². The maximum absolute atomic E-state index is 6.17. The van der Waals surface area contributed by atoms with E-state index in [0.717, 1.165) is 32.0 Å². The van der Waals surface area contributed by atoms with Crippen LogP contribution in [0.25, 0.3) is 0 Å². The normalized spacial score (nSPS) is 24.7. The Labute approximate surface area is 106 Å². The van der Waals surface area contributed by atoms with Gasteiger partial charge in [0.15, 0.2) is 0 Å². The van der Waals surface area contributed by atoms with Crippen LogP contribution in [0.4, 0.5) is 0 Å². The molecular weight excluding hydrogens is 212 g/mol. The van der Waals surface area contributed by atoms with Crippen molar-refractivity contribution in [2.24, 2.45) is 11.7 Å². The minimum atomic E-state index is -0.0996. The third kappa shape index (κ3) is 7.02. The summed E-state index contributed by atoms with van der Waals surface area (Å²) in [7, 11) is 0. The van der Waals surface area contributed by atoms with Gasteiger partial charge in [-0.15, -0.1) is 0 Å². The van der Waals surface area contributed by atoms with Crippen LogP contribution in [0.1, 0.15) is 52.4 Å². The summed E-state index contributed by atoms with van der Waals surface area (Å²) in [6, 6.07) is 0. The second-order valence-corrected chi connectivity index (χ2v) is 5.94. The number of nitrogens with two attached hydrogens (primary N) is 1. The minimum absolute atomic E-state index is 0.0996. The number of rotatable bonds is 9. The average molecular weight is 242 g/mol. The molecule has 1 atom stereocenters. The van der Waals surface area contributed by atoms with Gasteiger partial charge >= 0.3 is 0 Å². The Morgan fingerprint density at radius 1 is 1.24 bits per heavy atom. The molecule has 1 rings (SSSR count). The summed E-state index contributed by atoms with van der Waals surface area (Å²) in [6.07, 6.45) is 7.73. The van der Waals surface area contributed by atoms with Gasteiger partial charge in [0.1, 0.15) is 0 Å². The van der Waals surface area contributed by atoms with Crippen molar-refractivity contribution >= 4 is 0 Å². The summed E-state index contributed by atoms with van der Waals surface area (Å²) < 4.78 is 5.33. The van der Waals surface area contributed by atoms with Crippen LogP contribution in [0.2, 0.25) is 0 Å². The Morgan fingerprint density at radius 2 is 2.00 bits per heavy atom. The molecule has 1 heterocycles. The number of nitrogens with one attached hydrogen (secondary N) is 1. The highest BCUT2D eigenvalue weighted by Gasteiger charge is 2.29. The Morgan fingerprint density at radius 3 is 2.65 bits per heavy atom. The van der Waals surface area contributed by atoms with Gasteiger partial charge < -0.3 is 15.8 Å². The molecule has 1 aliphatic heterocycles. The molecule has 0 aromatic carbocycles. The highest BCUT2D eigenvalue weighted by atomic mass is 16.5. The molecule has 3 nitrogen and oxygen atoms in total. The molecule has 1 aliphatic rings. The van der Waals surface area contributed by atoms with Crippen molar-refractivity contribution in [3.05, 3.63) is 0 Å². The molecule has 3 heteroatoms. The summed E-state index contributed by atoms with van der Waals surface area (Å²) in [5, 5.41) is 3.46. The van der Waals surface area contributed by atoms with E-state index in [4.69, 9.17) is 10.5 Å². The molecule has 0 aromatic rings. The van der Waals surface area contributed by atoms with E-state index >= 15 is 0 Å². The van der Waals surface area contributed by atoms with Gasteiger partial charge in [0.25, 0.3) is 0 Å². The van der Waals surface area contributed by atoms with Crippen LogP contribution in [0.3, 0.4) is 0 Å². The molecule has 17 heavy (non-hydrogen) atoms. The SMILES string of the molecule is CC(C)CCCCCCNCC1(N)CCOC1. The van der Waals surface area contributed by atoms with Crippen LogP contribution in [0, 0.1) is 5.92 Å². The van der Waals surface area contributed by atoms with E-state index in [1.807, 2.05) is 0 Å². The van der Waals surface area contributed by atoms with Crippen LogP contribution < -0.4 is 11.1 Å². The van der Waals surface area contributed by atoms with E-state index in [1.54, 1.807) is 0 Å². The maximum atomic E-state index is 6.17. The predicted octanol–water partition coefficient (Wildman–Crippen LogP) is 2.30. The molecule has 1 unspecified atom stereocenters. The van der Waals surface area contributed by atoms with Crippen molar-refractivity contribution in [2.45, 2.75) is 57.9 Å². The van der Waals surface area contributed by atoms with Crippen LogP contribution in [-0.2, 0) is 4.74 Å². The number of hydrogen-bond donors (Lipinski definition) is 2. The average Bonchev–Trinajstić information content (AvgIpc) is 2.69. The van der Waals surface area contributed by atoms with Gasteiger partial charge in [-0.05, 0) is 25.3 Å². The van der Waals surface area contributed by atoms with Gasteiger partial charge in [-0.2, -0.15) is 0 Å². The smallest absolute Gasteiger partial charge is 0.0659 e. The third-order valence-corrected chi connectivity index (χ3v) is 3.50. The van der Waals surface area contributed by atoms with E-state index in [0.29, 0.717) is 6.61 Å². The second-order valence-electron chi connectivity index (χ2n) is 5.94. The molecular formula is C14H30N2O. The summed E-state index contributed by atoms with van der Waals surface area (Å²) in [5.74, 6) is 0.854. The molecule has 1 saturated heterocycles. The first-order chi connectivity index (χ1) is 8.12. The summed E-state index contributed by atoms with van der Waals surface area (Å²) in [4.78, 5) is 0. The Kier molecular flexibility index (Phi) is 7.09. The molecule has 1 fully saturated rings. The molecule has 0 spiro atoms. The minimum Gasteiger partial charge on any atom is -0.379 e. The van der Waals surface area contributed by atoms with E-state index in [1.165, 1.54) is 32.1 Å². The molecule has 0 amide bonds. The van der Waals surface area contributed by atoms with Crippen molar-refractivity contribution in [3.63, 3.8) is 0 Å². The van der Waals surface area contributed by atoms with Crippen molar-refractivity contribution < 1.29 is 4.74 Å². The lowest BCUT2D eigenvalue weighted by molar-refractivity contribution is 0.177. The van der Waals surface area contributed by atoms with Crippen molar-refractivity contribution in [2.75, 3.05) is 26.3 Å². The lowest BCUT2D eigenvalue weighted by Gasteiger charge is -2.22. The zero-order valence-electron chi connectivity index (χ0n) is 11.6. The van der Waals surface area contributed by atoms with E-state index in [2.05, 4.69) is 19.2 Å². The van der Waals surface area contributed by atoms with Gasteiger partial charge in [-0.25, -0.2) is 0 Å². The molecule has 0 radical (unpaired) electrons. The summed E-state index contributed by atoms with van der Waals surface area (Å²) in [6.45, 7) is 8.14. The first-order valence-corrected chi connectivity index (χ1v) is 7.20. The fourth-order valence-electron chi connectivity index (χ4n) is 2.26. The van der Waals surface area contributed by atoms with Crippen LogP contribution in [-0.4, -0.2) is 31.8 Å². The monoisotopic (exact) mass is 242 g/mol. The second kappa shape index (κ2) is 8.06. The van der Waals surface area contributed by atoms with Gasteiger partial charge in [0.2, 0.25) is 0 Å². The van der Waals surface area contributed by atoms with Gasteiger partial charge in [-0.3, -0.25) is 0 Å². The number of hydrogen-bond acceptors (Lipinski definition) is 3. The topological polar surface area (TPSA) is 47.3 Å². The van der Waals surface area contributed by atoms with Gasteiger partial charge in [0.05, 0.1) is 12.1 Å². The van der Waals surface area contributed by atoms with Gasteiger partial charge in [-0.1, -0.05) is 39.5 Å². The Bertz CT molecular complexity index is 189. The van der Waals surface area contributed by atoms with Crippen molar-refractivity contribution in [1.29, 1.82) is 0 Å². The molecule has 102 valence electrons. The lowest BCUT2D eigenvalue weighted by atomic mass is 10.0. The number of ether oxygens (including phenoxy) is 1. The van der Waals surface area contributed by atoms with Crippen molar-refractivity contribution in [1.82, 2.24) is 5.32 Å². The fourth-order valence-corrected chi connectivity index (χ4v) is 2.26. The van der Waals surface area contributed by atoms with Gasteiger partial charge in [0, 0.05) is 13.2 Å². The summed E-state index contributed by atoms with van der Waals surface area (Å²) in [5.41, 5.74) is 6.07. The highest BCUT2D eigenvalue weighted by Crippen LogP contribution is 2.14. The first-order valence-electron chi connectivity index (χ1n) is 7.20. The fraction of sp³-hybridized carbons (Fsp3) is 1.00. The van der Waals surface area contributed by atoms with Crippen LogP contribution >= 0.6 is 0 Å². The van der Waals surface area contributed by atoms with Crippen LogP contribution in [0.5, 0.6) is 0 Å². The first kappa shape index (κ1) is 14.9. The lowest BCUT2D eigenvalue weighted by Crippen LogP contribution is -2.49. The highest BCUT2D eigenvalue weighted by molar-refractivity contribution is 4.89. The molecule has 0 aliphatic carbocycles. The summed E-state index contributed by atoms with van der Waals surface area (Å²) >= 11 is 0. The standard InChI is InChI=1S/C14H30N2O/c1-13(2)7-5-3-4-6-9-16-11-14(15)8-10-17-12-14/h13,16H,3-12,15H2,1-2H3. The van der Waals surface area contributed by atoms with E-state index in [-0.39, 0.29) is 5.54 Å². The zero-order chi connectivity index (χ0) is 12.6. The van der Waals surface area contributed by atoms with Crippen molar-refractivity contribution in [3.8, 4) is 0 Å². The van der Waals surface area contributed by atoms with E-state index in [9.17, 15) is 0 Å². The quantitative estimate of drug-likeness (QED) is 0.610. The van der Waals surface area contributed by atoms with E-state index < -0.39 is 0 Å². The molecule has 0 saturated carbocycles. The molecule has 0 aromatic heterocycles. The molecule has 3 N–H and O–H groups in total. The predicted molar refractivity (Wildman–Crippen MR) is 73.1 cm³/mol.